The molecule has 1 saturated heterocycles. The van der Waals surface area contributed by atoms with Gasteiger partial charge in [0.25, 0.3) is 0 Å². The van der Waals surface area contributed by atoms with Crippen LogP contribution >= 0.6 is 0 Å². The molecule has 3 heterocycles. The molecule has 1 N–H and O–H groups in total. The number of likely N-dealkylation sites (tertiary alicyclic amines) is 1. The fourth-order valence-electron chi connectivity index (χ4n) is 4.39. The lowest BCUT2D eigenvalue weighted by Gasteiger charge is -2.34. The molecular formula is C21H31N3O2. The summed E-state index contributed by atoms with van der Waals surface area (Å²) >= 11 is 0. The molecule has 0 amide bonds. The van der Waals surface area contributed by atoms with Crippen LogP contribution in [0, 0.1) is 5.92 Å². The lowest BCUT2D eigenvalue weighted by Crippen LogP contribution is -2.36. The normalized spacial score (nSPS) is 21.1. The zero-order valence-electron chi connectivity index (χ0n) is 16.2. The maximum atomic E-state index is 10.9. The van der Waals surface area contributed by atoms with Gasteiger partial charge in [0.05, 0.1) is 11.2 Å². The molecular weight excluding hydrogens is 326 g/mol. The average Bonchev–Trinajstić information content (AvgIpc) is 2.95. The van der Waals surface area contributed by atoms with E-state index in [4.69, 9.17) is 4.84 Å². The fourth-order valence-corrected chi connectivity index (χ4v) is 4.39. The van der Waals surface area contributed by atoms with Crippen LogP contribution in [0.4, 0.5) is 0 Å². The van der Waals surface area contributed by atoms with E-state index in [1.807, 2.05) is 11.7 Å². The van der Waals surface area contributed by atoms with Crippen molar-refractivity contribution < 1.29 is 9.94 Å². The fraction of sp³-hybridized carbons (Fsp3) is 0.619. The third kappa shape index (κ3) is 3.13. The van der Waals surface area contributed by atoms with Crippen molar-refractivity contribution in [3.8, 4) is 0 Å². The average molecular weight is 357 g/mol. The third-order valence-electron chi connectivity index (χ3n) is 6.04. The standard InChI is InChI=1S/C21H31N3O2/c1-4-26-24-19-6-5-16(21(25)23-11-7-15(2)8-12-23)13-17(19)18-14-22(3)10-9-20(18)24/h5-6,13,15,21,25H,4,7-12,14H2,1-3H3. The number of aliphatic hydroxyl groups is 1. The van der Waals surface area contributed by atoms with E-state index in [0.29, 0.717) is 6.61 Å². The second-order valence-electron chi connectivity index (χ2n) is 7.99. The van der Waals surface area contributed by atoms with E-state index in [1.54, 1.807) is 0 Å². The number of nitrogens with zero attached hydrogens (tertiary/aromatic N) is 3. The number of aliphatic hydroxyl groups excluding tert-OH is 1. The number of benzene rings is 1. The summed E-state index contributed by atoms with van der Waals surface area (Å²) in [5.74, 6) is 0.767. The summed E-state index contributed by atoms with van der Waals surface area (Å²) in [5.41, 5.74) is 4.76. The van der Waals surface area contributed by atoms with Crippen molar-refractivity contribution in [2.75, 3.05) is 33.3 Å². The molecule has 142 valence electrons. The van der Waals surface area contributed by atoms with E-state index < -0.39 is 6.23 Å². The highest BCUT2D eigenvalue weighted by Gasteiger charge is 2.26. The summed E-state index contributed by atoms with van der Waals surface area (Å²) in [6, 6.07) is 6.37. The maximum Gasteiger partial charge on any atom is 0.133 e. The van der Waals surface area contributed by atoms with Crippen LogP contribution in [0.3, 0.4) is 0 Å². The van der Waals surface area contributed by atoms with Gasteiger partial charge in [0.15, 0.2) is 0 Å². The second-order valence-corrected chi connectivity index (χ2v) is 7.99. The molecule has 1 atom stereocenters. The van der Waals surface area contributed by atoms with Gasteiger partial charge < -0.3 is 14.8 Å². The van der Waals surface area contributed by atoms with Crippen LogP contribution in [0.2, 0.25) is 0 Å². The number of hydrogen-bond acceptors (Lipinski definition) is 4. The first-order valence-corrected chi connectivity index (χ1v) is 9.98. The van der Waals surface area contributed by atoms with Gasteiger partial charge in [0.1, 0.15) is 12.8 Å². The van der Waals surface area contributed by atoms with Gasteiger partial charge in [-0.1, -0.05) is 13.0 Å². The summed E-state index contributed by atoms with van der Waals surface area (Å²) in [6.45, 7) is 8.92. The first kappa shape index (κ1) is 17.8. The van der Waals surface area contributed by atoms with Crippen molar-refractivity contribution in [1.29, 1.82) is 0 Å². The van der Waals surface area contributed by atoms with Crippen molar-refractivity contribution >= 4 is 10.9 Å². The predicted octanol–water partition coefficient (Wildman–Crippen LogP) is 2.80. The molecule has 0 aliphatic carbocycles. The molecule has 1 fully saturated rings. The minimum absolute atomic E-state index is 0.515. The van der Waals surface area contributed by atoms with Gasteiger partial charge in [-0.05, 0) is 56.0 Å². The molecule has 0 saturated carbocycles. The van der Waals surface area contributed by atoms with Crippen molar-refractivity contribution in [2.45, 2.75) is 45.9 Å². The van der Waals surface area contributed by atoms with Crippen LogP contribution in [-0.4, -0.2) is 52.9 Å². The van der Waals surface area contributed by atoms with Crippen molar-refractivity contribution in [1.82, 2.24) is 14.5 Å². The molecule has 0 radical (unpaired) electrons. The van der Waals surface area contributed by atoms with E-state index in [9.17, 15) is 5.11 Å². The highest BCUT2D eigenvalue weighted by Crippen LogP contribution is 2.33. The first-order valence-electron chi connectivity index (χ1n) is 9.98. The number of hydrogen-bond donors (Lipinski definition) is 1. The largest absolute Gasteiger partial charge is 0.414 e. The molecule has 26 heavy (non-hydrogen) atoms. The SMILES string of the molecule is CCOn1c2c(c3cc(C(O)N4CCC(C)CC4)ccc31)CN(C)CC2. The Bertz CT molecular complexity index is 777. The molecule has 2 aliphatic heterocycles. The van der Waals surface area contributed by atoms with Crippen molar-refractivity contribution in [3.05, 3.63) is 35.0 Å². The Hall–Kier alpha value is -1.56. The molecule has 2 aromatic rings. The summed E-state index contributed by atoms with van der Waals surface area (Å²) in [6.07, 6.45) is 2.82. The Kier molecular flexibility index (Phi) is 4.95. The van der Waals surface area contributed by atoms with Gasteiger partial charge in [-0.25, -0.2) is 0 Å². The maximum absolute atomic E-state index is 10.9. The van der Waals surface area contributed by atoms with Gasteiger partial charge in [-0.15, -0.1) is 0 Å². The summed E-state index contributed by atoms with van der Waals surface area (Å²) in [4.78, 5) is 10.5. The lowest BCUT2D eigenvalue weighted by molar-refractivity contribution is -0.0173. The Morgan fingerprint density at radius 3 is 2.73 bits per heavy atom. The minimum Gasteiger partial charge on any atom is -0.414 e. The van der Waals surface area contributed by atoms with E-state index in [1.165, 1.54) is 29.5 Å². The van der Waals surface area contributed by atoms with Crippen LogP contribution in [0.1, 0.15) is 49.7 Å². The van der Waals surface area contributed by atoms with Crippen LogP contribution in [0.25, 0.3) is 10.9 Å². The molecule has 1 aromatic heterocycles. The van der Waals surface area contributed by atoms with Crippen molar-refractivity contribution in [2.24, 2.45) is 5.92 Å². The van der Waals surface area contributed by atoms with E-state index in [-0.39, 0.29) is 0 Å². The van der Waals surface area contributed by atoms with Gasteiger partial charge in [0.2, 0.25) is 0 Å². The zero-order chi connectivity index (χ0) is 18.3. The molecule has 1 aromatic carbocycles. The summed E-state index contributed by atoms with van der Waals surface area (Å²) in [5, 5.41) is 12.2. The monoisotopic (exact) mass is 357 g/mol. The van der Waals surface area contributed by atoms with E-state index >= 15 is 0 Å². The number of aromatic nitrogens is 1. The molecule has 2 aliphatic rings. The van der Waals surface area contributed by atoms with Crippen LogP contribution in [0.5, 0.6) is 0 Å². The zero-order valence-corrected chi connectivity index (χ0v) is 16.2. The van der Waals surface area contributed by atoms with Gasteiger partial charge in [0, 0.05) is 38.0 Å². The van der Waals surface area contributed by atoms with E-state index in [2.05, 4.69) is 42.0 Å². The second kappa shape index (κ2) is 7.22. The molecule has 1 unspecified atom stereocenters. The molecule has 5 nitrogen and oxygen atoms in total. The Labute approximate surface area is 156 Å². The Balaban J connectivity index is 1.71. The molecule has 4 rings (SSSR count). The highest BCUT2D eigenvalue weighted by molar-refractivity contribution is 5.86. The van der Waals surface area contributed by atoms with Crippen LogP contribution in [-0.2, 0) is 13.0 Å². The lowest BCUT2D eigenvalue weighted by atomic mass is 9.97. The highest BCUT2D eigenvalue weighted by atomic mass is 16.7. The van der Waals surface area contributed by atoms with Crippen LogP contribution in [0.15, 0.2) is 18.2 Å². The summed E-state index contributed by atoms with van der Waals surface area (Å²) < 4.78 is 2.02. The minimum atomic E-state index is -0.515. The molecule has 5 heteroatoms. The number of likely N-dealkylation sites (N-methyl/N-ethyl adjacent to an activating group) is 1. The van der Waals surface area contributed by atoms with Crippen LogP contribution < -0.4 is 4.84 Å². The number of fused-ring (bicyclic) bond motifs is 3. The van der Waals surface area contributed by atoms with Gasteiger partial charge in [-0.3, -0.25) is 4.90 Å². The third-order valence-corrected chi connectivity index (χ3v) is 6.04. The summed E-state index contributed by atoms with van der Waals surface area (Å²) in [7, 11) is 2.17. The van der Waals surface area contributed by atoms with Gasteiger partial charge in [-0.2, -0.15) is 4.73 Å². The smallest absolute Gasteiger partial charge is 0.133 e. The Morgan fingerprint density at radius 1 is 1.23 bits per heavy atom. The first-order chi connectivity index (χ1) is 12.6. The number of rotatable bonds is 4. The Morgan fingerprint density at radius 2 is 2.00 bits per heavy atom. The predicted molar refractivity (Wildman–Crippen MR) is 104 cm³/mol. The molecule has 0 bridgehead atoms. The number of piperidine rings is 1. The molecule has 0 spiro atoms. The van der Waals surface area contributed by atoms with Gasteiger partial charge >= 0.3 is 0 Å². The van der Waals surface area contributed by atoms with E-state index in [0.717, 1.165) is 49.6 Å². The topological polar surface area (TPSA) is 40.9 Å². The van der Waals surface area contributed by atoms with Crippen molar-refractivity contribution in [3.63, 3.8) is 0 Å². The quantitative estimate of drug-likeness (QED) is 0.914.